The van der Waals surface area contributed by atoms with Gasteiger partial charge in [-0.25, -0.2) is 0 Å². The molecule has 1 amide bonds. The highest BCUT2D eigenvalue weighted by Gasteiger charge is 2.01. The standard InChI is InChI=1S/C8H8N2OS/c9-2-3-10-8(11)5-7-1-4-12-6-7/h1,4,6H,3,5H2,(H,10,11). The van der Waals surface area contributed by atoms with Gasteiger partial charge in [-0.1, -0.05) is 0 Å². The van der Waals surface area contributed by atoms with E-state index in [0.717, 1.165) is 5.56 Å². The Hall–Kier alpha value is -1.34. The summed E-state index contributed by atoms with van der Waals surface area (Å²) < 4.78 is 0. The van der Waals surface area contributed by atoms with Crippen molar-refractivity contribution in [3.63, 3.8) is 0 Å². The summed E-state index contributed by atoms with van der Waals surface area (Å²) in [5.41, 5.74) is 0.996. The molecule has 1 N–H and O–H groups in total. The molecule has 62 valence electrons. The van der Waals surface area contributed by atoms with E-state index < -0.39 is 0 Å². The second-order valence-corrected chi connectivity index (χ2v) is 3.02. The zero-order valence-electron chi connectivity index (χ0n) is 6.41. The summed E-state index contributed by atoms with van der Waals surface area (Å²) in [6.45, 7) is 0.0863. The Morgan fingerprint density at radius 1 is 1.75 bits per heavy atom. The fraction of sp³-hybridized carbons (Fsp3) is 0.250. The molecule has 0 atom stereocenters. The Morgan fingerprint density at radius 3 is 3.17 bits per heavy atom. The van der Waals surface area contributed by atoms with Crippen molar-refractivity contribution in [1.82, 2.24) is 5.32 Å². The number of nitrogens with zero attached hydrogens (tertiary/aromatic N) is 1. The van der Waals surface area contributed by atoms with Crippen LogP contribution in [0.4, 0.5) is 0 Å². The van der Waals surface area contributed by atoms with E-state index in [4.69, 9.17) is 5.26 Å². The number of carbonyl (C=O) groups excluding carboxylic acids is 1. The lowest BCUT2D eigenvalue weighted by Crippen LogP contribution is -2.24. The molecular weight excluding hydrogens is 172 g/mol. The van der Waals surface area contributed by atoms with Crippen LogP contribution in [0.15, 0.2) is 16.8 Å². The Labute approximate surface area is 74.6 Å². The Morgan fingerprint density at radius 2 is 2.58 bits per heavy atom. The van der Waals surface area contributed by atoms with Gasteiger partial charge in [0.25, 0.3) is 0 Å². The lowest BCUT2D eigenvalue weighted by Gasteiger charge is -1.97. The van der Waals surface area contributed by atoms with Crippen LogP contribution in [0.2, 0.25) is 0 Å². The van der Waals surface area contributed by atoms with Gasteiger partial charge in [-0.2, -0.15) is 16.6 Å². The minimum absolute atomic E-state index is 0.0863. The van der Waals surface area contributed by atoms with Crippen molar-refractivity contribution in [2.24, 2.45) is 0 Å². The number of nitriles is 1. The quantitative estimate of drug-likeness (QED) is 0.703. The second kappa shape index (κ2) is 4.52. The summed E-state index contributed by atoms with van der Waals surface area (Å²) in [4.78, 5) is 11.0. The Balaban J connectivity index is 2.33. The average Bonchev–Trinajstić information content (AvgIpc) is 2.53. The number of carbonyl (C=O) groups is 1. The van der Waals surface area contributed by atoms with Gasteiger partial charge in [0.15, 0.2) is 0 Å². The molecule has 0 radical (unpaired) electrons. The molecular formula is C8H8N2OS. The van der Waals surface area contributed by atoms with Crippen molar-refractivity contribution in [2.45, 2.75) is 6.42 Å². The maximum atomic E-state index is 11.0. The summed E-state index contributed by atoms with van der Waals surface area (Å²) in [6.07, 6.45) is 0.366. The molecule has 0 aromatic carbocycles. The van der Waals surface area contributed by atoms with Gasteiger partial charge in [0.2, 0.25) is 5.91 Å². The number of nitrogens with one attached hydrogen (secondary N) is 1. The largest absolute Gasteiger partial charge is 0.343 e. The van der Waals surface area contributed by atoms with Crippen LogP contribution < -0.4 is 5.32 Å². The molecule has 4 heteroatoms. The lowest BCUT2D eigenvalue weighted by molar-refractivity contribution is -0.120. The van der Waals surface area contributed by atoms with Gasteiger partial charge < -0.3 is 5.32 Å². The van der Waals surface area contributed by atoms with Gasteiger partial charge >= 0.3 is 0 Å². The molecule has 0 fully saturated rings. The van der Waals surface area contributed by atoms with E-state index in [9.17, 15) is 4.79 Å². The molecule has 0 spiro atoms. The highest BCUT2D eigenvalue weighted by Crippen LogP contribution is 2.05. The predicted molar refractivity (Wildman–Crippen MR) is 46.6 cm³/mol. The van der Waals surface area contributed by atoms with Gasteiger partial charge in [-0.3, -0.25) is 4.79 Å². The zero-order valence-corrected chi connectivity index (χ0v) is 7.23. The fourth-order valence-corrected chi connectivity index (χ4v) is 1.45. The van der Waals surface area contributed by atoms with Gasteiger partial charge in [0.1, 0.15) is 6.54 Å². The molecule has 0 bridgehead atoms. The molecule has 0 aliphatic rings. The third kappa shape index (κ3) is 2.72. The van der Waals surface area contributed by atoms with Crippen LogP contribution in [0, 0.1) is 11.3 Å². The van der Waals surface area contributed by atoms with E-state index in [0.29, 0.717) is 6.42 Å². The minimum atomic E-state index is -0.102. The van der Waals surface area contributed by atoms with Gasteiger partial charge in [-0.05, 0) is 22.4 Å². The summed E-state index contributed by atoms with van der Waals surface area (Å²) in [6, 6.07) is 3.75. The molecule has 1 aromatic rings. The molecule has 0 unspecified atom stereocenters. The summed E-state index contributed by atoms with van der Waals surface area (Å²) in [5.74, 6) is -0.102. The van der Waals surface area contributed by atoms with E-state index in [-0.39, 0.29) is 12.5 Å². The normalized spacial score (nSPS) is 8.92. The first kappa shape index (κ1) is 8.75. The van der Waals surface area contributed by atoms with Crippen LogP contribution in [-0.4, -0.2) is 12.5 Å². The number of amides is 1. The summed E-state index contributed by atoms with van der Waals surface area (Å²) in [7, 11) is 0. The van der Waals surface area contributed by atoms with E-state index in [1.165, 1.54) is 0 Å². The molecule has 0 aliphatic carbocycles. The first-order valence-electron chi connectivity index (χ1n) is 3.47. The smallest absolute Gasteiger partial charge is 0.225 e. The molecule has 1 aromatic heterocycles. The molecule has 1 heterocycles. The zero-order chi connectivity index (χ0) is 8.81. The third-order valence-electron chi connectivity index (χ3n) is 1.31. The average molecular weight is 180 g/mol. The topological polar surface area (TPSA) is 52.9 Å². The molecule has 3 nitrogen and oxygen atoms in total. The first-order valence-corrected chi connectivity index (χ1v) is 4.42. The van der Waals surface area contributed by atoms with Crippen molar-refractivity contribution in [2.75, 3.05) is 6.54 Å². The van der Waals surface area contributed by atoms with Crippen molar-refractivity contribution in [3.8, 4) is 6.07 Å². The second-order valence-electron chi connectivity index (χ2n) is 2.24. The number of thiophene rings is 1. The molecule has 12 heavy (non-hydrogen) atoms. The van der Waals surface area contributed by atoms with Crippen molar-refractivity contribution in [3.05, 3.63) is 22.4 Å². The predicted octanol–water partition coefficient (Wildman–Crippen LogP) is 0.930. The van der Waals surface area contributed by atoms with Crippen LogP contribution in [-0.2, 0) is 11.2 Å². The molecule has 0 aliphatic heterocycles. The van der Waals surface area contributed by atoms with E-state index in [1.54, 1.807) is 11.3 Å². The summed E-state index contributed by atoms with van der Waals surface area (Å²) >= 11 is 1.56. The maximum Gasteiger partial charge on any atom is 0.225 e. The summed E-state index contributed by atoms with van der Waals surface area (Å²) in [5, 5.41) is 14.5. The van der Waals surface area contributed by atoms with Gasteiger partial charge in [0, 0.05) is 0 Å². The fourth-order valence-electron chi connectivity index (χ4n) is 0.779. The highest BCUT2D eigenvalue weighted by atomic mass is 32.1. The van der Waals surface area contributed by atoms with Crippen molar-refractivity contribution >= 4 is 17.2 Å². The molecule has 0 saturated heterocycles. The van der Waals surface area contributed by atoms with E-state index >= 15 is 0 Å². The molecule has 1 rings (SSSR count). The van der Waals surface area contributed by atoms with Crippen LogP contribution in [0.3, 0.4) is 0 Å². The van der Waals surface area contributed by atoms with E-state index in [1.807, 2.05) is 22.9 Å². The van der Waals surface area contributed by atoms with Crippen molar-refractivity contribution in [1.29, 1.82) is 5.26 Å². The Bertz CT molecular complexity index is 287. The Kier molecular flexibility index (Phi) is 3.30. The monoisotopic (exact) mass is 180 g/mol. The van der Waals surface area contributed by atoms with Gasteiger partial charge in [-0.15, -0.1) is 0 Å². The minimum Gasteiger partial charge on any atom is -0.343 e. The van der Waals surface area contributed by atoms with E-state index in [2.05, 4.69) is 5.32 Å². The number of hydrogen-bond acceptors (Lipinski definition) is 3. The third-order valence-corrected chi connectivity index (χ3v) is 2.04. The van der Waals surface area contributed by atoms with Crippen LogP contribution in [0.25, 0.3) is 0 Å². The number of hydrogen-bond donors (Lipinski definition) is 1. The van der Waals surface area contributed by atoms with Crippen LogP contribution >= 0.6 is 11.3 Å². The SMILES string of the molecule is N#CCNC(=O)Cc1ccsc1. The lowest BCUT2D eigenvalue weighted by atomic mass is 10.2. The highest BCUT2D eigenvalue weighted by molar-refractivity contribution is 7.07. The number of rotatable bonds is 3. The first-order chi connectivity index (χ1) is 5.83. The van der Waals surface area contributed by atoms with Crippen molar-refractivity contribution < 1.29 is 4.79 Å². The van der Waals surface area contributed by atoms with Gasteiger partial charge in [0.05, 0.1) is 12.5 Å². The molecule has 0 saturated carbocycles. The van der Waals surface area contributed by atoms with Crippen LogP contribution in [0.1, 0.15) is 5.56 Å². The van der Waals surface area contributed by atoms with Crippen LogP contribution in [0.5, 0.6) is 0 Å². The maximum absolute atomic E-state index is 11.0.